The maximum absolute atomic E-state index is 12.6. The van der Waals surface area contributed by atoms with Crippen molar-refractivity contribution in [1.29, 1.82) is 0 Å². The quantitative estimate of drug-likeness (QED) is 0.902. The third kappa shape index (κ3) is 4.31. The van der Waals surface area contributed by atoms with Crippen molar-refractivity contribution in [3.8, 4) is 11.5 Å². The lowest BCUT2D eigenvalue weighted by Gasteiger charge is -2.34. The molecule has 1 amide bonds. The lowest BCUT2D eigenvalue weighted by Crippen LogP contribution is -2.45. The smallest absolute Gasteiger partial charge is 0.387 e. The topological polar surface area (TPSA) is 64.8 Å². The SMILES string of the molecule is COc1ccc(C(=O)N2CCCC(C(C)N)C2)cc1OC(F)F. The number of halogens is 2. The molecule has 1 fully saturated rings. The molecule has 0 radical (unpaired) electrons. The molecule has 0 aromatic heterocycles. The fourth-order valence-electron chi connectivity index (χ4n) is 2.80. The molecular weight excluding hydrogens is 306 g/mol. The highest BCUT2D eigenvalue weighted by Crippen LogP contribution is 2.30. The van der Waals surface area contributed by atoms with Gasteiger partial charge in [0.2, 0.25) is 0 Å². The molecule has 1 saturated heterocycles. The Morgan fingerprint density at radius 2 is 2.13 bits per heavy atom. The van der Waals surface area contributed by atoms with Gasteiger partial charge in [-0.3, -0.25) is 4.79 Å². The molecule has 23 heavy (non-hydrogen) atoms. The van der Waals surface area contributed by atoms with Crippen molar-refractivity contribution in [2.45, 2.75) is 32.4 Å². The summed E-state index contributed by atoms with van der Waals surface area (Å²) in [7, 11) is 1.35. The number of amides is 1. The third-order valence-electron chi connectivity index (χ3n) is 4.12. The predicted molar refractivity (Wildman–Crippen MR) is 81.9 cm³/mol. The molecule has 0 spiro atoms. The third-order valence-corrected chi connectivity index (χ3v) is 4.12. The first-order valence-corrected chi connectivity index (χ1v) is 7.60. The summed E-state index contributed by atoms with van der Waals surface area (Å²) in [6.07, 6.45) is 1.87. The van der Waals surface area contributed by atoms with Gasteiger partial charge in [-0.05, 0) is 43.9 Å². The molecule has 1 aliphatic heterocycles. The van der Waals surface area contributed by atoms with Crippen molar-refractivity contribution in [3.63, 3.8) is 0 Å². The number of piperidine rings is 1. The van der Waals surface area contributed by atoms with E-state index in [1.54, 1.807) is 11.0 Å². The predicted octanol–water partition coefficient (Wildman–Crippen LogP) is 2.50. The van der Waals surface area contributed by atoms with Gasteiger partial charge >= 0.3 is 6.61 Å². The zero-order chi connectivity index (χ0) is 17.0. The molecule has 0 bridgehead atoms. The first-order chi connectivity index (χ1) is 10.9. The van der Waals surface area contributed by atoms with Gasteiger partial charge in [0.25, 0.3) is 5.91 Å². The molecule has 7 heteroatoms. The van der Waals surface area contributed by atoms with E-state index >= 15 is 0 Å². The van der Waals surface area contributed by atoms with Crippen molar-refractivity contribution in [2.75, 3.05) is 20.2 Å². The van der Waals surface area contributed by atoms with E-state index in [9.17, 15) is 13.6 Å². The highest BCUT2D eigenvalue weighted by Gasteiger charge is 2.27. The van der Waals surface area contributed by atoms with Crippen LogP contribution in [0, 0.1) is 5.92 Å². The van der Waals surface area contributed by atoms with Gasteiger partial charge in [-0.2, -0.15) is 8.78 Å². The molecule has 1 heterocycles. The van der Waals surface area contributed by atoms with Gasteiger partial charge in [0.1, 0.15) is 0 Å². The largest absolute Gasteiger partial charge is 0.493 e. The molecule has 0 saturated carbocycles. The molecule has 128 valence electrons. The van der Waals surface area contributed by atoms with Crippen LogP contribution in [0.15, 0.2) is 18.2 Å². The first-order valence-electron chi connectivity index (χ1n) is 7.60. The lowest BCUT2D eigenvalue weighted by molar-refractivity contribution is -0.0512. The highest BCUT2D eigenvalue weighted by atomic mass is 19.3. The van der Waals surface area contributed by atoms with E-state index in [4.69, 9.17) is 10.5 Å². The Bertz CT molecular complexity index is 552. The maximum atomic E-state index is 12.6. The average Bonchev–Trinajstić information content (AvgIpc) is 2.53. The number of methoxy groups -OCH3 is 1. The molecule has 1 aromatic carbocycles. The van der Waals surface area contributed by atoms with Gasteiger partial charge in [0, 0.05) is 24.7 Å². The van der Waals surface area contributed by atoms with Gasteiger partial charge in [0.15, 0.2) is 11.5 Å². The Balaban J connectivity index is 2.18. The van der Waals surface area contributed by atoms with Gasteiger partial charge in [0.05, 0.1) is 7.11 Å². The lowest BCUT2D eigenvalue weighted by atomic mass is 9.92. The van der Waals surface area contributed by atoms with Crippen LogP contribution in [-0.2, 0) is 0 Å². The number of likely N-dealkylation sites (tertiary alicyclic amines) is 1. The van der Waals surface area contributed by atoms with E-state index in [-0.39, 0.29) is 29.4 Å². The zero-order valence-electron chi connectivity index (χ0n) is 13.3. The number of ether oxygens (including phenoxy) is 2. The first kappa shape index (κ1) is 17.5. The summed E-state index contributed by atoms with van der Waals surface area (Å²) in [5.41, 5.74) is 6.23. The van der Waals surface area contributed by atoms with Crippen LogP contribution in [0.4, 0.5) is 8.78 Å². The summed E-state index contributed by atoms with van der Waals surface area (Å²) >= 11 is 0. The van der Waals surface area contributed by atoms with Crippen LogP contribution in [0.25, 0.3) is 0 Å². The molecule has 2 rings (SSSR count). The van der Waals surface area contributed by atoms with Gasteiger partial charge < -0.3 is 20.1 Å². The van der Waals surface area contributed by atoms with Crippen molar-refractivity contribution < 1.29 is 23.0 Å². The van der Waals surface area contributed by atoms with E-state index in [0.29, 0.717) is 18.7 Å². The van der Waals surface area contributed by atoms with E-state index < -0.39 is 6.61 Å². The van der Waals surface area contributed by atoms with Crippen LogP contribution in [0.3, 0.4) is 0 Å². The van der Waals surface area contributed by atoms with Crippen LogP contribution in [0.5, 0.6) is 11.5 Å². The number of benzene rings is 1. The van der Waals surface area contributed by atoms with Gasteiger partial charge in [-0.15, -0.1) is 0 Å². The summed E-state index contributed by atoms with van der Waals surface area (Å²) in [5, 5.41) is 0. The molecule has 5 nitrogen and oxygen atoms in total. The molecule has 1 aromatic rings. The van der Waals surface area contributed by atoms with Crippen molar-refractivity contribution in [1.82, 2.24) is 4.90 Å². The fourth-order valence-corrected chi connectivity index (χ4v) is 2.80. The van der Waals surface area contributed by atoms with Crippen LogP contribution >= 0.6 is 0 Å². The van der Waals surface area contributed by atoms with E-state index in [1.807, 2.05) is 6.92 Å². The van der Waals surface area contributed by atoms with E-state index in [0.717, 1.165) is 12.8 Å². The highest BCUT2D eigenvalue weighted by molar-refractivity contribution is 5.95. The monoisotopic (exact) mass is 328 g/mol. The van der Waals surface area contributed by atoms with E-state index in [2.05, 4.69) is 4.74 Å². The number of carbonyl (C=O) groups is 1. The van der Waals surface area contributed by atoms with Crippen molar-refractivity contribution >= 4 is 5.91 Å². The Morgan fingerprint density at radius 3 is 2.74 bits per heavy atom. The standard InChI is InChI=1S/C16H22F2N2O3/c1-10(19)12-4-3-7-20(9-12)15(21)11-5-6-13(22-2)14(8-11)23-16(17)18/h5-6,8,10,12,16H,3-4,7,9,19H2,1-2H3. The van der Waals surface area contributed by atoms with Crippen LogP contribution in [0.2, 0.25) is 0 Å². The maximum Gasteiger partial charge on any atom is 0.387 e. The van der Waals surface area contributed by atoms with Crippen molar-refractivity contribution in [2.24, 2.45) is 11.7 Å². The summed E-state index contributed by atoms with van der Waals surface area (Å²) in [5.74, 6) is 0.0582. The van der Waals surface area contributed by atoms with Gasteiger partial charge in [-0.1, -0.05) is 0 Å². The second kappa shape index (κ2) is 7.59. The van der Waals surface area contributed by atoms with E-state index in [1.165, 1.54) is 19.2 Å². The number of nitrogens with two attached hydrogens (primary N) is 1. The minimum absolute atomic E-state index is 0.0131. The Kier molecular flexibility index (Phi) is 5.76. The molecule has 1 aliphatic rings. The molecule has 2 unspecified atom stereocenters. The summed E-state index contributed by atoms with van der Waals surface area (Å²) in [6.45, 7) is 0.166. The summed E-state index contributed by atoms with van der Waals surface area (Å²) < 4.78 is 34.4. The van der Waals surface area contributed by atoms with Gasteiger partial charge in [-0.25, -0.2) is 0 Å². The molecule has 0 aliphatic carbocycles. The number of hydrogen-bond donors (Lipinski definition) is 1. The second-order valence-corrected chi connectivity index (χ2v) is 5.76. The van der Waals surface area contributed by atoms with Crippen molar-refractivity contribution in [3.05, 3.63) is 23.8 Å². The fraction of sp³-hybridized carbons (Fsp3) is 0.562. The minimum atomic E-state index is -2.98. The number of carbonyl (C=O) groups excluding carboxylic acids is 1. The normalized spacial score (nSPS) is 19.6. The zero-order valence-corrected chi connectivity index (χ0v) is 13.3. The Hall–Kier alpha value is -1.89. The van der Waals surface area contributed by atoms with Crippen LogP contribution in [-0.4, -0.2) is 43.7 Å². The summed E-state index contributed by atoms with van der Waals surface area (Å²) in [4.78, 5) is 14.3. The summed E-state index contributed by atoms with van der Waals surface area (Å²) in [6, 6.07) is 4.31. The number of hydrogen-bond acceptors (Lipinski definition) is 4. The van der Waals surface area contributed by atoms with Crippen LogP contribution < -0.4 is 15.2 Å². The Morgan fingerprint density at radius 1 is 1.39 bits per heavy atom. The Labute approximate surface area is 134 Å². The number of nitrogens with zero attached hydrogens (tertiary/aromatic N) is 1. The number of rotatable bonds is 5. The second-order valence-electron chi connectivity index (χ2n) is 5.76. The molecular formula is C16H22F2N2O3. The average molecular weight is 328 g/mol. The van der Waals surface area contributed by atoms with Crippen LogP contribution in [0.1, 0.15) is 30.1 Å². The molecule has 2 N–H and O–H groups in total. The molecule has 2 atom stereocenters. The number of alkyl halides is 2. The minimum Gasteiger partial charge on any atom is -0.493 e.